The number of rotatable bonds is 5. The summed E-state index contributed by atoms with van der Waals surface area (Å²) in [6.07, 6.45) is 1.57. The number of hydrogen-bond acceptors (Lipinski definition) is 8. The second-order valence-electron chi connectivity index (χ2n) is 8.40. The molecule has 178 valence electrons. The molecule has 0 spiro atoms. The van der Waals surface area contributed by atoms with Gasteiger partial charge < -0.3 is 20.3 Å². The number of nitro groups is 1. The van der Waals surface area contributed by atoms with Crippen LogP contribution in [0.25, 0.3) is 22.4 Å². The summed E-state index contributed by atoms with van der Waals surface area (Å²) < 4.78 is 0.823. The number of fused-ring (bicyclic) bond motifs is 1. The number of hydrogen-bond donors (Lipinski definition) is 2. The molecule has 35 heavy (non-hydrogen) atoms. The lowest BCUT2D eigenvalue weighted by atomic mass is 10.2. The van der Waals surface area contributed by atoms with Crippen molar-refractivity contribution in [3.63, 3.8) is 0 Å². The Kier molecular flexibility index (Phi) is 5.75. The largest absolute Gasteiger partial charge is 0.426 e. The van der Waals surface area contributed by atoms with Crippen LogP contribution in [0.2, 0.25) is 0 Å². The van der Waals surface area contributed by atoms with Crippen molar-refractivity contribution in [3.8, 4) is 11.4 Å². The molecule has 0 bridgehead atoms. The minimum Gasteiger partial charge on any atom is -0.426 e. The van der Waals surface area contributed by atoms with Crippen molar-refractivity contribution in [1.82, 2.24) is 19.6 Å². The quantitative estimate of drug-likeness (QED) is 0.257. The van der Waals surface area contributed by atoms with Gasteiger partial charge in [-0.2, -0.15) is 4.73 Å². The van der Waals surface area contributed by atoms with Crippen LogP contribution in [0.1, 0.15) is 10.4 Å². The van der Waals surface area contributed by atoms with Gasteiger partial charge in [0.05, 0.1) is 16.0 Å². The molecule has 1 fully saturated rings. The minimum atomic E-state index is -0.529. The highest BCUT2D eigenvalue weighted by molar-refractivity contribution is 6.04. The molecule has 2 aromatic heterocycles. The SMILES string of the molecule is CN1CCN(c2ccc(C(=O)Nc3ccc(-c4nc5ccc([N+](=O)[O-])cc5n4O)cc3)cn2)CC1. The monoisotopic (exact) mass is 473 g/mol. The van der Waals surface area contributed by atoms with Crippen LogP contribution in [-0.4, -0.2) is 68.9 Å². The molecule has 0 unspecified atom stereocenters. The number of nitro benzene ring substituents is 1. The summed E-state index contributed by atoms with van der Waals surface area (Å²) in [5.74, 6) is 0.815. The summed E-state index contributed by atoms with van der Waals surface area (Å²) >= 11 is 0. The Bertz CT molecular complexity index is 1390. The van der Waals surface area contributed by atoms with E-state index in [2.05, 4.69) is 32.1 Å². The maximum atomic E-state index is 12.7. The Hall–Kier alpha value is -4.51. The van der Waals surface area contributed by atoms with Crippen LogP contribution in [0.5, 0.6) is 0 Å². The molecule has 2 aromatic carbocycles. The normalized spacial score (nSPS) is 14.3. The smallest absolute Gasteiger partial charge is 0.271 e. The number of aromatic nitrogens is 3. The van der Waals surface area contributed by atoms with Gasteiger partial charge in [-0.05, 0) is 49.5 Å². The van der Waals surface area contributed by atoms with Gasteiger partial charge in [0.1, 0.15) is 11.3 Å². The van der Waals surface area contributed by atoms with Gasteiger partial charge >= 0.3 is 0 Å². The number of carbonyl (C=O) groups excluding carboxylic acids is 1. The fourth-order valence-electron chi connectivity index (χ4n) is 4.00. The minimum absolute atomic E-state index is 0.136. The number of carbonyl (C=O) groups is 1. The van der Waals surface area contributed by atoms with E-state index in [1.54, 1.807) is 36.5 Å². The number of pyridine rings is 1. The van der Waals surface area contributed by atoms with E-state index in [1.165, 1.54) is 18.2 Å². The molecule has 0 atom stereocenters. The standard InChI is InChI=1S/C24H23N7O4/c1-28-10-12-29(13-11-28)22-9-4-17(15-25-22)24(32)26-18-5-2-16(3-6-18)23-27-20-8-7-19(31(34)35)14-21(20)30(23)33/h2-9,14-15,33H,10-13H2,1H3,(H,26,32). The van der Waals surface area contributed by atoms with Gasteiger partial charge in [0.2, 0.25) is 0 Å². The van der Waals surface area contributed by atoms with Crippen molar-refractivity contribution in [2.24, 2.45) is 0 Å². The van der Waals surface area contributed by atoms with Gasteiger partial charge in [0, 0.05) is 55.8 Å². The van der Waals surface area contributed by atoms with Crippen LogP contribution in [0, 0.1) is 10.1 Å². The summed E-state index contributed by atoms with van der Waals surface area (Å²) in [5, 5.41) is 24.3. The van der Waals surface area contributed by atoms with Gasteiger partial charge in [0.25, 0.3) is 11.6 Å². The molecule has 1 aliphatic heterocycles. The molecule has 2 N–H and O–H groups in total. The molecule has 1 amide bonds. The maximum Gasteiger partial charge on any atom is 0.271 e. The van der Waals surface area contributed by atoms with Gasteiger partial charge in [0.15, 0.2) is 5.82 Å². The molecular formula is C24H23N7O4. The van der Waals surface area contributed by atoms with Crippen LogP contribution >= 0.6 is 0 Å². The second kappa shape index (κ2) is 9.03. The predicted octanol–water partition coefficient (Wildman–Crippen LogP) is 3.25. The van der Waals surface area contributed by atoms with Crippen LogP contribution < -0.4 is 10.2 Å². The number of piperazine rings is 1. The van der Waals surface area contributed by atoms with Crippen LogP contribution in [0.15, 0.2) is 60.8 Å². The summed E-state index contributed by atoms with van der Waals surface area (Å²) in [5.41, 5.74) is 2.13. The third-order valence-corrected chi connectivity index (χ3v) is 6.06. The van der Waals surface area contributed by atoms with Crippen molar-refractivity contribution in [1.29, 1.82) is 0 Å². The fourth-order valence-corrected chi connectivity index (χ4v) is 4.00. The van der Waals surface area contributed by atoms with E-state index in [4.69, 9.17) is 0 Å². The van der Waals surface area contributed by atoms with Crippen molar-refractivity contribution >= 4 is 34.1 Å². The number of likely N-dealkylation sites (N-methyl/N-ethyl adjacent to an activating group) is 1. The number of nitrogens with zero attached hydrogens (tertiary/aromatic N) is 6. The molecule has 4 aromatic rings. The highest BCUT2D eigenvalue weighted by atomic mass is 16.6. The van der Waals surface area contributed by atoms with Crippen LogP contribution in [-0.2, 0) is 0 Å². The molecule has 0 saturated carbocycles. The van der Waals surface area contributed by atoms with Crippen LogP contribution in [0.4, 0.5) is 17.2 Å². The lowest BCUT2D eigenvalue weighted by Gasteiger charge is -2.33. The summed E-state index contributed by atoms with van der Waals surface area (Å²) in [6, 6.07) is 14.5. The molecule has 3 heterocycles. The van der Waals surface area contributed by atoms with Gasteiger partial charge in [-0.15, -0.1) is 0 Å². The van der Waals surface area contributed by atoms with E-state index in [1.807, 2.05) is 6.07 Å². The van der Waals surface area contributed by atoms with Crippen molar-refractivity contribution in [2.45, 2.75) is 0 Å². The first-order valence-electron chi connectivity index (χ1n) is 11.1. The number of imidazole rings is 1. The molecule has 0 aliphatic carbocycles. The number of anilines is 2. The third kappa shape index (κ3) is 4.49. The fraction of sp³-hybridized carbons (Fsp3) is 0.208. The van der Waals surface area contributed by atoms with Crippen molar-refractivity contribution in [3.05, 3.63) is 76.5 Å². The Morgan fingerprint density at radius 1 is 1.06 bits per heavy atom. The first kappa shape index (κ1) is 22.3. The zero-order valence-corrected chi connectivity index (χ0v) is 19.0. The molecule has 5 rings (SSSR count). The number of amides is 1. The van der Waals surface area contributed by atoms with Gasteiger partial charge in [-0.1, -0.05) is 0 Å². The van der Waals surface area contributed by atoms with E-state index in [-0.39, 0.29) is 22.9 Å². The summed E-state index contributed by atoms with van der Waals surface area (Å²) in [6.45, 7) is 3.76. The zero-order valence-electron chi connectivity index (χ0n) is 19.0. The summed E-state index contributed by atoms with van der Waals surface area (Å²) in [7, 11) is 2.10. The number of non-ortho nitro benzene ring substituents is 1. The van der Waals surface area contributed by atoms with E-state index >= 15 is 0 Å². The zero-order chi connectivity index (χ0) is 24.5. The topological polar surface area (TPSA) is 130 Å². The van der Waals surface area contributed by atoms with E-state index in [9.17, 15) is 20.1 Å². The molecule has 0 radical (unpaired) electrons. The Labute approximate surface area is 200 Å². The van der Waals surface area contributed by atoms with Gasteiger partial charge in [-0.25, -0.2) is 9.97 Å². The Morgan fingerprint density at radius 2 is 1.80 bits per heavy atom. The van der Waals surface area contributed by atoms with Crippen LogP contribution in [0.3, 0.4) is 0 Å². The van der Waals surface area contributed by atoms with Crippen molar-refractivity contribution in [2.75, 3.05) is 43.4 Å². The Balaban J connectivity index is 1.28. The van der Waals surface area contributed by atoms with E-state index in [0.717, 1.165) is 36.7 Å². The molecule has 1 saturated heterocycles. The average molecular weight is 473 g/mol. The van der Waals surface area contributed by atoms with Crippen molar-refractivity contribution < 1.29 is 14.9 Å². The lowest BCUT2D eigenvalue weighted by Crippen LogP contribution is -2.44. The van der Waals surface area contributed by atoms with E-state index in [0.29, 0.717) is 22.3 Å². The lowest BCUT2D eigenvalue weighted by molar-refractivity contribution is -0.384. The highest BCUT2D eigenvalue weighted by Crippen LogP contribution is 2.27. The first-order valence-corrected chi connectivity index (χ1v) is 11.1. The summed E-state index contributed by atoms with van der Waals surface area (Å²) in [4.78, 5) is 36.4. The second-order valence-corrected chi connectivity index (χ2v) is 8.40. The molecule has 1 aliphatic rings. The highest BCUT2D eigenvalue weighted by Gasteiger charge is 2.17. The first-order chi connectivity index (χ1) is 16.9. The Morgan fingerprint density at radius 3 is 2.46 bits per heavy atom. The third-order valence-electron chi connectivity index (χ3n) is 6.06. The number of nitrogens with one attached hydrogen (secondary N) is 1. The predicted molar refractivity (Wildman–Crippen MR) is 131 cm³/mol. The number of benzene rings is 2. The maximum absolute atomic E-state index is 12.7. The molecule has 11 nitrogen and oxygen atoms in total. The van der Waals surface area contributed by atoms with E-state index < -0.39 is 4.92 Å². The van der Waals surface area contributed by atoms with Gasteiger partial charge in [-0.3, -0.25) is 14.9 Å². The average Bonchev–Trinajstić information content (AvgIpc) is 3.21. The molecule has 11 heteroatoms. The molecular weight excluding hydrogens is 450 g/mol.